The van der Waals surface area contributed by atoms with E-state index in [9.17, 15) is 4.39 Å². The topological polar surface area (TPSA) is 12.0 Å². The zero-order chi connectivity index (χ0) is 8.81. The standard InChI is InChI=1S/C9H12FNS/c1-12-11-7-6-8-2-4-9(10)5-3-8/h2-5,11H,6-7H2,1H3. The van der Waals surface area contributed by atoms with Crippen LogP contribution in [0.1, 0.15) is 5.56 Å². The molecule has 1 N–H and O–H groups in total. The van der Waals surface area contributed by atoms with E-state index in [4.69, 9.17) is 0 Å². The minimum Gasteiger partial charge on any atom is -0.264 e. The van der Waals surface area contributed by atoms with E-state index in [-0.39, 0.29) is 5.82 Å². The van der Waals surface area contributed by atoms with Crippen molar-refractivity contribution < 1.29 is 4.39 Å². The van der Waals surface area contributed by atoms with Gasteiger partial charge >= 0.3 is 0 Å². The zero-order valence-corrected chi connectivity index (χ0v) is 7.83. The molecule has 1 aromatic carbocycles. The molecule has 0 aliphatic carbocycles. The summed E-state index contributed by atoms with van der Waals surface area (Å²) in [4.78, 5) is 0. The largest absolute Gasteiger partial charge is 0.264 e. The van der Waals surface area contributed by atoms with Crippen molar-refractivity contribution >= 4 is 11.9 Å². The average molecular weight is 185 g/mol. The smallest absolute Gasteiger partial charge is 0.123 e. The first-order valence-corrected chi connectivity index (χ1v) is 5.05. The second-order valence-electron chi connectivity index (χ2n) is 2.47. The van der Waals surface area contributed by atoms with Gasteiger partial charge in [-0.05, 0) is 30.4 Å². The van der Waals surface area contributed by atoms with Gasteiger partial charge in [-0.25, -0.2) is 4.39 Å². The van der Waals surface area contributed by atoms with E-state index >= 15 is 0 Å². The summed E-state index contributed by atoms with van der Waals surface area (Å²) in [7, 11) is 0. The first-order valence-electron chi connectivity index (χ1n) is 3.83. The molecule has 0 saturated heterocycles. The van der Waals surface area contributed by atoms with E-state index < -0.39 is 0 Å². The SMILES string of the molecule is CSNCCc1ccc(F)cc1. The van der Waals surface area contributed by atoms with Crippen molar-refractivity contribution in [3.63, 3.8) is 0 Å². The summed E-state index contributed by atoms with van der Waals surface area (Å²) < 4.78 is 15.6. The van der Waals surface area contributed by atoms with Crippen molar-refractivity contribution in [3.05, 3.63) is 35.6 Å². The maximum atomic E-state index is 12.5. The quantitative estimate of drug-likeness (QED) is 0.570. The summed E-state index contributed by atoms with van der Waals surface area (Å²) >= 11 is 1.60. The molecule has 0 radical (unpaired) electrons. The maximum Gasteiger partial charge on any atom is 0.123 e. The molecule has 0 aliphatic rings. The van der Waals surface area contributed by atoms with Gasteiger partial charge in [0.15, 0.2) is 0 Å². The lowest BCUT2D eigenvalue weighted by molar-refractivity contribution is 0.627. The van der Waals surface area contributed by atoms with Gasteiger partial charge in [0.25, 0.3) is 0 Å². The molecule has 12 heavy (non-hydrogen) atoms. The van der Waals surface area contributed by atoms with Gasteiger partial charge in [-0.2, -0.15) is 0 Å². The minimum atomic E-state index is -0.170. The maximum absolute atomic E-state index is 12.5. The van der Waals surface area contributed by atoms with Crippen molar-refractivity contribution in [2.45, 2.75) is 6.42 Å². The van der Waals surface area contributed by atoms with E-state index in [0.717, 1.165) is 18.5 Å². The molecule has 0 heterocycles. The third kappa shape index (κ3) is 3.24. The summed E-state index contributed by atoms with van der Waals surface area (Å²) in [6.07, 6.45) is 2.94. The van der Waals surface area contributed by atoms with Crippen LogP contribution in [-0.4, -0.2) is 12.8 Å². The van der Waals surface area contributed by atoms with Gasteiger partial charge in [-0.15, -0.1) is 0 Å². The summed E-state index contributed by atoms with van der Waals surface area (Å²) in [5.74, 6) is -0.170. The van der Waals surface area contributed by atoms with Crippen LogP contribution in [-0.2, 0) is 6.42 Å². The van der Waals surface area contributed by atoms with E-state index in [0.29, 0.717) is 0 Å². The van der Waals surface area contributed by atoms with Crippen molar-refractivity contribution in [3.8, 4) is 0 Å². The fourth-order valence-corrected chi connectivity index (χ4v) is 1.25. The summed E-state index contributed by atoms with van der Waals surface area (Å²) in [6.45, 7) is 0.923. The first kappa shape index (κ1) is 9.55. The highest BCUT2D eigenvalue weighted by Gasteiger charge is 1.92. The van der Waals surface area contributed by atoms with Crippen LogP contribution in [0, 0.1) is 5.82 Å². The first-order chi connectivity index (χ1) is 5.83. The Kier molecular flexibility index (Phi) is 4.11. The van der Waals surface area contributed by atoms with E-state index in [1.807, 2.05) is 18.4 Å². The van der Waals surface area contributed by atoms with Gasteiger partial charge in [0, 0.05) is 6.54 Å². The Bertz CT molecular complexity index is 222. The average Bonchev–Trinajstić information content (AvgIpc) is 2.09. The zero-order valence-electron chi connectivity index (χ0n) is 7.01. The fraction of sp³-hybridized carbons (Fsp3) is 0.333. The number of rotatable bonds is 4. The van der Waals surface area contributed by atoms with Crippen LogP contribution in [0.5, 0.6) is 0 Å². The van der Waals surface area contributed by atoms with Crippen molar-refractivity contribution in [2.75, 3.05) is 12.8 Å². The Labute approximate surface area is 76.5 Å². The predicted molar refractivity (Wildman–Crippen MR) is 51.6 cm³/mol. The van der Waals surface area contributed by atoms with Crippen LogP contribution in [0.4, 0.5) is 4.39 Å². The third-order valence-electron chi connectivity index (χ3n) is 1.57. The molecule has 66 valence electrons. The Balaban J connectivity index is 2.37. The fourth-order valence-electron chi connectivity index (χ4n) is 0.949. The van der Waals surface area contributed by atoms with Crippen LogP contribution >= 0.6 is 11.9 Å². The molecule has 3 heteroatoms. The van der Waals surface area contributed by atoms with E-state index in [2.05, 4.69) is 4.72 Å². The van der Waals surface area contributed by atoms with Gasteiger partial charge in [-0.1, -0.05) is 24.1 Å². The highest BCUT2D eigenvalue weighted by Crippen LogP contribution is 2.02. The molecule has 0 aromatic heterocycles. The van der Waals surface area contributed by atoms with Gasteiger partial charge in [0.05, 0.1) is 0 Å². The van der Waals surface area contributed by atoms with Crippen molar-refractivity contribution in [2.24, 2.45) is 0 Å². The molecular weight excluding hydrogens is 173 g/mol. The van der Waals surface area contributed by atoms with Crippen molar-refractivity contribution in [1.29, 1.82) is 0 Å². The number of hydrogen-bond acceptors (Lipinski definition) is 2. The lowest BCUT2D eigenvalue weighted by Crippen LogP contribution is -2.07. The number of hydrogen-bond donors (Lipinski definition) is 1. The van der Waals surface area contributed by atoms with Gasteiger partial charge < -0.3 is 0 Å². The van der Waals surface area contributed by atoms with Gasteiger partial charge in [-0.3, -0.25) is 4.72 Å². The molecule has 0 aliphatic heterocycles. The molecule has 0 bridgehead atoms. The van der Waals surface area contributed by atoms with Crippen LogP contribution < -0.4 is 4.72 Å². The lowest BCUT2D eigenvalue weighted by atomic mass is 10.1. The Morgan fingerprint density at radius 3 is 2.58 bits per heavy atom. The lowest BCUT2D eigenvalue weighted by Gasteiger charge is -2.00. The summed E-state index contributed by atoms with van der Waals surface area (Å²) in [6, 6.07) is 6.62. The van der Waals surface area contributed by atoms with Gasteiger partial charge in [0.1, 0.15) is 5.82 Å². The van der Waals surface area contributed by atoms with Gasteiger partial charge in [0.2, 0.25) is 0 Å². The minimum absolute atomic E-state index is 0.170. The predicted octanol–water partition coefficient (Wildman–Crippen LogP) is 2.24. The number of halogens is 1. The van der Waals surface area contributed by atoms with Crippen LogP contribution in [0.25, 0.3) is 0 Å². The summed E-state index contributed by atoms with van der Waals surface area (Å²) in [5.41, 5.74) is 1.16. The Morgan fingerprint density at radius 1 is 1.33 bits per heavy atom. The molecule has 0 spiro atoms. The highest BCUT2D eigenvalue weighted by atomic mass is 32.2. The molecule has 1 nitrogen and oxygen atoms in total. The summed E-state index contributed by atoms with van der Waals surface area (Å²) in [5, 5.41) is 0. The Hall–Kier alpha value is -0.540. The molecule has 1 rings (SSSR count). The Morgan fingerprint density at radius 2 is 2.00 bits per heavy atom. The molecule has 1 aromatic rings. The second kappa shape index (κ2) is 5.17. The molecule has 0 amide bonds. The third-order valence-corrected chi connectivity index (χ3v) is 2.07. The van der Waals surface area contributed by atoms with E-state index in [1.54, 1.807) is 11.9 Å². The molecule has 0 atom stereocenters. The number of benzene rings is 1. The molecular formula is C9H12FNS. The van der Waals surface area contributed by atoms with Crippen LogP contribution in [0.2, 0.25) is 0 Å². The normalized spacial score (nSPS) is 10.2. The van der Waals surface area contributed by atoms with Crippen LogP contribution in [0.15, 0.2) is 24.3 Å². The second-order valence-corrected chi connectivity index (χ2v) is 3.17. The number of nitrogens with one attached hydrogen (secondary N) is 1. The molecule has 0 fully saturated rings. The highest BCUT2D eigenvalue weighted by molar-refractivity contribution is 7.96. The van der Waals surface area contributed by atoms with Crippen LogP contribution in [0.3, 0.4) is 0 Å². The molecule has 0 saturated carbocycles. The van der Waals surface area contributed by atoms with Crippen molar-refractivity contribution in [1.82, 2.24) is 4.72 Å². The monoisotopic (exact) mass is 185 g/mol. The molecule has 0 unspecified atom stereocenters. The van der Waals surface area contributed by atoms with E-state index in [1.165, 1.54) is 12.1 Å².